The van der Waals surface area contributed by atoms with Crippen molar-refractivity contribution in [2.75, 3.05) is 26.6 Å². The number of amides is 1. The molecule has 0 spiro atoms. The van der Waals surface area contributed by atoms with E-state index in [2.05, 4.69) is 15.5 Å². The normalized spacial score (nSPS) is 10.3. The van der Waals surface area contributed by atoms with Crippen LogP contribution in [0, 0.1) is 0 Å². The average molecular weight is 367 g/mol. The van der Waals surface area contributed by atoms with E-state index < -0.39 is 0 Å². The zero-order valence-electron chi connectivity index (χ0n) is 15.4. The van der Waals surface area contributed by atoms with Crippen molar-refractivity contribution in [2.24, 2.45) is 0 Å². The molecule has 1 heterocycles. The lowest BCUT2D eigenvalue weighted by Gasteiger charge is -2.10. The van der Waals surface area contributed by atoms with Gasteiger partial charge in [-0.3, -0.25) is 9.89 Å². The maximum absolute atomic E-state index is 12.4. The van der Waals surface area contributed by atoms with E-state index in [1.54, 1.807) is 39.5 Å². The van der Waals surface area contributed by atoms with Crippen LogP contribution in [0.1, 0.15) is 5.56 Å². The van der Waals surface area contributed by atoms with Gasteiger partial charge in [-0.05, 0) is 18.2 Å². The van der Waals surface area contributed by atoms with Crippen molar-refractivity contribution >= 4 is 11.7 Å². The van der Waals surface area contributed by atoms with Crippen LogP contribution in [0.4, 0.5) is 5.82 Å². The van der Waals surface area contributed by atoms with Crippen molar-refractivity contribution in [3.05, 3.63) is 54.1 Å². The number of ether oxygens (including phenoxy) is 3. The van der Waals surface area contributed by atoms with Crippen LogP contribution in [-0.4, -0.2) is 37.4 Å². The quantitative estimate of drug-likeness (QED) is 0.669. The van der Waals surface area contributed by atoms with E-state index >= 15 is 0 Å². The molecule has 1 aromatic heterocycles. The highest BCUT2D eigenvalue weighted by atomic mass is 16.5. The third-order valence-electron chi connectivity index (χ3n) is 4.09. The Morgan fingerprint density at radius 1 is 1.00 bits per heavy atom. The molecule has 0 unspecified atom stereocenters. The molecule has 2 aromatic carbocycles. The fourth-order valence-corrected chi connectivity index (χ4v) is 2.75. The third kappa shape index (κ3) is 4.20. The Bertz CT molecular complexity index is 936. The van der Waals surface area contributed by atoms with E-state index in [9.17, 15) is 4.79 Å². The van der Waals surface area contributed by atoms with Crippen LogP contribution < -0.4 is 19.5 Å². The maximum atomic E-state index is 12.4. The minimum atomic E-state index is -0.198. The second kappa shape index (κ2) is 8.27. The van der Waals surface area contributed by atoms with Crippen LogP contribution in [0.25, 0.3) is 11.3 Å². The van der Waals surface area contributed by atoms with Crippen molar-refractivity contribution < 1.29 is 19.0 Å². The summed E-state index contributed by atoms with van der Waals surface area (Å²) >= 11 is 0. The van der Waals surface area contributed by atoms with Gasteiger partial charge in [-0.15, -0.1) is 0 Å². The van der Waals surface area contributed by atoms with Crippen LogP contribution in [0.15, 0.2) is 48.5 Å². The number of benzene rings is 2. The van der Waals surface area contributed by atoms with Gasteiger partial charge in [-0.25, -0.2) is 0 Å². The number of aromatic nitrogens is 2. The molecule has 140 valence electrons. The third-order valence-corrected chi connectivity index (χ3v) is 4.09. The minimum Gasteiger partial charge on any atom is -0.497 e. The summed E-state index contributed by atoms with van der Waals surface area (Å²) in [5.74, 6) is 2.23. The molecule has 0 saturated heterocycles. The van der Waals surface area contributed by atoms with Gasteiger partial charge in [0.15, 0.2) is 5.82 Å². The Morgan fingerprint density at radius 3 is 2.52 bits per heavy atom. The standard InChI is InChI=1S/C20H21N3O4/c1-25-14-9-8-13(18(11-14)27-3)10-20(24)21-19-12-16(22-23-19)15-6-4-5-7-17(15)26-2/h4-9,11-12H,10H2,1-3H3,(H2,21,22,23,24). The van der Waals surface area contributed by atoms with E-state index in [1.165, 1.54) is 0 Å². The lowest BCUT2D eigenvalue weighted by Crippen LogP contribution is -2.15. The molecule has 3 rings (SSSR count). The fraction of sp³-hybridized carbons (Fsp3) is 0.200. The van der Waals surface area contributed by atoms with Gasteiger partial charge in [0.1, 0.15) is 17.2 Å². The van der Waals surface area contributed by atoms with Crippen molar-refractivity contribution in [3.63, 3.8) is 0 Å². The van der Waals surface area contributed by atoms with Gasteiger partial charge in [0.05, 0.1) is 33.4 Å². The number of nitrogens with one attached hydrogen (secondary N) is 2. The summed E-state index contributed by atoms with van der Waals surface area (Å²) in [6.45, 7) is 0. The number of hydrogen-bond acceptors (Lipinski definition) is 5. The summed E-state index contributed by atoms with van der Waals surface area (Å²) in [6, 6.07) is 14.7. The molecule has 0 atom stereocenters. The predicted molar refractivity (Wildman–Crippen MR) is 102 cm³/mol. The maximum Gasteiger partial charge on any atom is 0.230 e. The second-order valence-electron chi connectivity index (χ2n) is 5.77. The Labute approximate surface area is 157 Å². The Balaban J connectivity index is 1.71. The predicted octanol–water partition coefficient (Wildman–Crippen LogP) is 3.28. The van der Waals surface area contributed by atoms with Crippen LogP contribution in [-0.2, 0) is 11.2 Å². The van der Waals surface area contributed by atoms with Crippen LogP contribution in [0.3, 0.4) is 0 Å². The van der Waals surface area contributed by atoms with Crippen molar-refractivity contribution in [1.29, 1.82) is 0 Å². The molecule has 0 radical (unpaired) electrons. The number of nitrogens with zero attached hydrogens (tertiary/aromatic N) is 1. The Hall–Kier alpha value is -3.48. The zero-order valence-corrected chi connectivity index (χ0v) is 15.4. The van der Waals surface area contributed by atoms with Crippen LogP contribution in [0.5, 0.6) is 17.2 Å². The first-order chi connectivity index (χ1) is 13.1. The number of anilines is 1. The van der Waals surface area contributed by atoms with E-state index in [1.807, 2.05) is 30.3 Å². The largest absolute Gasteiger partial charge is 0.497 e. The highest BCUT2D eigenvalue weighted by Crippen LogP contribution is 2.29. The Kier molecular flexibility index (Phi) is 5.61. The first-order valence-corrected chi connectivity index (χ1v) is 8.34. The van der Waals surface area contributed by atoms with Crippen LogP contribution in [0.2, 0.25) is 0 Å². The molecule has 7 nitrogen and oxygen atoms in total. The second-order valence-corrected chi connectivity index (χ2v) is 5.77. The lowest BCUT2D eigenvalue weighted by molar-refractivity contribution is -0.115. The van der Waals surface area contributed by atoms with Crippen molar-refractivity contribution in [3.8, 4) is 28.5 Å². The number of H-pyrrole nitrogens is 1. The van der Waals surface area contributed by atoms with Crippen LogP contribution >= 0.6 is 0 Å². The molecule has 0 aliphatic rings. The van der Waals surface area contributed by atoms with Gasteiger partial charge in [0, 0.05) is 23.3 Å². The molecular weight excluding hydrogens is 346 g/mol. The SMILES string of the molecule is COc1ccc(CC(=O)Nc2cc(-c3ccccc3OC)[nH]n2)c(OC)c1. The molecule has 0 saturated carbocycles. The van der Waals surface area contributed by atoms with E-state index in [0.29, 0.717) is 17.3 Å². The number of rotatable bonds is 7. The highest BCUT2D eigenvalue weighted by Gasteiger charge is 2.13. The molecule has 0 bridgehead atoms. The summed E-state index contributed by atoms with van der Waals surface area (Å²) < 4.78 is 15.9. The zero-order chi connectivity index (χ0) is 19.2. The number of carbonyl (C=O) groups excluding carboxylic acids is 1. The topological polar surface area (TPSA) is 85.5 Å². The molecule has 0 fully saturated rings. The van der Waals surface area contributed by atoms with Gasteiger partial charge in [-0.1, -0.05) is 18.2 Å². The van der Waals surface area contributed by atoms with Crippen molar-refractivity contribution in [1.82, 2.24) is 10.2 Å². The minimum absolute atomic E-state index is 0.157. The summed E-state index contributed by atoms with van der Waals surface area (Å²) in [7, 11) is 4.75. The monoisotopic (exact) mass is 367 g/mol. The molecule has 0 aliphatic carbocycles. The van der Waals surface area contributed by atoms with E-state index in [-0.39, 0.29) is 12.3 Å². The van der Waals surface area contributed by atoms with E-state index in [4.69, 9.17) is 14.2 Å². The molecular formula is C20H21N3O4. The first-order valence-electron chi connectivity index (χ1n) is 8.34. The highest BCUT2D eigenvalue weighted by molar-refractivity contribution is 5.92. The summed E-state index contributed by atoms with van der Waals surface area (Å²) in [5.41, 5.74) is 2.38. The first kappa shape index (κ1) is 18.3. The molecule has 0 aliphatic heterocycles. The Morgan fingerprint density at radius 2 is 1.78 bits per heavy atom. The van der Waals surface area contributed by atoms with Gasteiger partial charge in [0.2, 0.25) is 5.91 Å². The number of para-hydroxylation sites is 1. The molecule has 1 amide bonds. The summed E-state index contributed by atoms with van der Waals surface area (Å²) in [4.78, 5) is 12.4. The fourth-order valence-electron chi connectivity index (χ4n) is 2.75. The van der Waals surface area contributed by atoms with E-state index in [0.717, 1.165) is 22.6 Å². The molecule has 3 aromatic rings. The molecule has 2 N–H and O–H groups in total. The van der Waals surface area contributed by atoms with Gasteiger partial charge < -0.3 is 19.5 Å². The molecule has 7 heteroatoms. The summed E-state index contributed by atoms with van der Waals surface area (Å²) in [6.07, 6.45) is 0.157. The number of carbonyl (C=O) groups is 1. The lowest BCUT2D eigenvalue weighted by atomic mass is 10.1. The number of methoxy groups -OCH3 is 3. The molecule has 27 heavy (non-hydrogen) atoms. The smallest absolute Gasteiger partial charge is 0.230 e. The van der Waals surface area contributed by atoms with Gasteiger partial charge in [0.25, 0.3) is 0 Å². The average Bonchev–Trinajstić information content (AvgIpc) is 3.16. The van der Waals surface area contributed by atoms with Gasteiger partial charge >= 0.3 is 0 Å². The summed E-state index contributed by atoms with van der Waals surface area (Å²) in [5, 5.41) is 9.86. The van der Waals surface area contributed by atoms with Crippen molar-refractivity contribution in [2.45, 2.75) is 6.42 Å². The van der Waals surface area contributed by atoms with Gasteiger partial charge in [-0.2, -0.15) is 5.10 Å². The number of aromatic amines is 1. The number of hydrogen-bond donors (Lipinski definition) is 2.